The molecule has 0 aliphatic carbocycles. The molecule has 0 bridgehead atoms. The van der Waals surface area contributed by atoms with Gasteiger partial charge in [0.1, 0.15) is 6.04 Å². The lowest BCUT2D eigenvalue weighted by Gasteiger charge is -2.33. The molecule has 0 heterocycles. The molecule has 5 nitrogen and oxygen atoms in total. The molecule has 35 heavy (non-hydrogen) atoms. The van der Waals surface area contributed by atoms with Gasteiger partial charge >= 0.3 is 0 Å². The number of ether oxygens (including phenoxy) is 1. The van der Waals surface area contributed by atoms with Crippen LogP contribution in [0.5, 0.6) is 5.75 Å². The molecule has 184 valence electrons. The SMILES string of the molecule is Cc1cccc(CN(C(=O)COc2ccccc2F)[C@@H](Cc2ccccc2)C(=O)NC(C)(C)C)c1. The molecule has 1 N–H and O–H groups in total. The molecule has 6 heteroatoms. The number of hydrogen-bond donors (Lipinski definition) is 1. The largest absolute Gasteiger partial charge is 0.481 e. The smallest absolute Gasteiger partial charge is 0.261 e. The Kier molecular flexibility index (Phi) is 8.63. The molecule has 0 aliphatic rings. The maximum absolute atomic E-state index is 14.1. The molecular weight excluding hydrogens is 443 g/mol. The second kappa shape index (κ2) is 11.6. The third kappa shape index (κ3) is 7.95. The standard InChI is InChI=1S/C29H33FN2O3/c1-21-11-10-14-23(17-21)19-32(27(33)20-35-26-16-9-8-15-24(26)30)25(28(34)31-29(2,3)4)18-22-12-6-5-7-13-22/h5-17,25H,18-20H2,1-4H3,(H,31,34)/t25-/m0/s1. The van der Waals surface area contributed by atoms with Crippen LogP contribution in [0.25, 0.3) is 0 Å². The van der Waals surface area contributed by atoms with Crippen molar-refractivity contribution < 1.29 is 18.7 Å². The highest BCUT2D eigenvalue weighted by molar-refractivity contribution is 5.89. The molecule has 0 saturated heterocycles. The Labute approximate surface area is 206 Å². The molecule has 3 aromatic carbocycles. The average Bonchev–Trinajstić information content (AvgIpc) is 2.80. The molecule has 0 radical (unpaired) electrons. The van der Waals surface area contributed by atoms with E-state index in [0.717, 1.165) is 16.7 Å². The van der Waals surface area contributed by atoms with Crippen LogP contribution in [0.4, 0.5) is 4.39 Å². The lowest BCUT2D eigenvalue weighted by Crippen LogP contribution is -2.55. The molecule has 0 unspecified atom stereocenters. The van der Waals surface area contributed by atoms with E-state index in [4.69, 9.17) is 4.74 Å². The van der Waals surface area contributed by atoms with Crippen LogP contribution < -0.4 is 10.1 Å². The van der Waals surface area contributed by atoms with Gasteiger partial charge in [0.25, 0.3) is 5.91 Å². The van der Waals surface area contributed by atoms with E-state index in [1.807, 2.05) is 82.3 Å². The van der Waals surface area contributed by atoms with E-state index in [-0.39, 0.29) is 24.8 Å². The van der Waals surface area contributed by atoms with Crippen molar-refractivity contribution in [1.29, 1.82) is 0 Å². The van der Waals surface area contributed by atoms with Crippen LogP contribution in [-0.2, 0) is 22.6 Å². The lowest BCUT2D eigenvalue weighted by atomic mass is 10.0. The van der Waals surface area contributed by atoms with Crippen molar-refractivity contribution in [3.05, 3.63) is 101 Å². The number of hydrogen-bond acceptors (Lipinski definition) is 3. The van der Waals surface area contributed by atoms with Gasteiger partial charge in [-0.1, -0.05) is 72.3 Å². The fourth-order valence-corrected chi connectivity index (χ4v) is 3.80. The first-order valence-corrected chi connectivity index (χ1v) is 11.7. The summed E-state index contributed by atoms with van der Waals surface area (Å²) >= 11 is 0. The van der Waals surface area contributed by atoms with Crippen LogP contribution >= 0.6 is 0 Å². The molecule has 2 amide bonds. The summed E-state index contributed by atoms with van der Waals surface area (Å²) in [6.07, 6.45) is 0.333. The summed E-state index contributed by atoms with van der Waals surface area (Å²) in [7, 11) is 0. The van der Waals surface area contributed by atoms with E-state index in [1.165, 1.54) is 17.0 Å². The first kappa shape index (κ1) is 25.9. The highest BCUT2D eigenvalue weighted by atomic mass is 19.1. The number of halogens is 1. The van der Waals surface area contributed by atoms with Crippen LogP contribution in [-0.4, -0.2) is 34.9 Å². The van der Waals surface area contributed by atoms with Gasteiger partial charge in [-0.15, -0.1) is 0 Å². The Morgan fingerprint density at radius 2 is 1.60 bits per heavy atom. The Morgan fingerprint density at radius 3 is 2.26 bits per heavy atom. The fraction of sp³-hybridized carbons (Fsp3) is 0.310. The second-order valence-electron chi connectivity index (χ2n) is 9.67. The van der Waals surface area contributed by atoms with Gasteiger partial charge in [0.15, 0.2) is 18.2 Å². The Hall–Kier alpha value is -3.67. The van der Waals surface area contributed by atoms with Gasteiger partial charge < -0.3 is 15.0 Å². The molecule has 3 rings (SSSR count). The van der Waals surface area contributed by atoms with Gasteiger partial charge in [0, 0.05) is 18.5 Å². The topological polar surface area (TPSA) is 58.6 Å². The fourth-order valence-electron chi connectivity index (χ4n) is 3.80. The van der Waals surface area contributed by atoms with Crippen molar-refractivity contribution in [3.63, 3.8) is 0 Å². The molecule has 0 fully saturated rings. The van der Waals surface area contributed by atoms with Crippen LogP contribution in [0.3, 0.4) is 0 Å². The molecule has 3 aromatic rings. The van der Waals surface area contributed by atoms with Crippen LogP contribution in [0.1, 0.15) is 37.5 Å². The van der Waals surface area contributed by atoms with Crippen molar-refractivity contribution in [3.8, 4) is 5.75 Å². The van der Waals surface area contributed by atoms with E-state index < -0.39 is 23.3 Å². The van der Waals surface area contributed by atoms with E-state index in [2.05, 4.69) is 5.32 Å². The van der Waals surface area contributed by atoms with Crippen molar-refractivity contribution in [2.24, 2.45) is 0 Å². The van der Waals surface area contributed by atoms with E-state index in [0.29, 0.717) is 6.42 Å². The average molecular weight is 477 g/mol. The van der Waals surface area contributed by atoms with Gasteiger partial charge in [-0.2, -0.15) is 0 Å². The summed E-state index contributed by atoms with van der Waals surface area (Å²) in [5.74, 6) is -1.21. The van der Waals surface area contributed by atoms with E-state index >= 15 is 0 Å². The summed E-state index contributed by atoms with van der Waals surface area (Å²) in [5.41, 5.74) is 2.40. The number of benzene rings is 3. The highest BCUT2D eigenvalue weighted by Crippen LogP contribution is 2.19. The minimum Gasteiger partial charge on any atom is -0.481 e. The monoisotopic (exact) mass is 476 g/mol. The van der Waals surface area contributed by atoms with Crippen molar-refractivity contribution in [2.75, 3.05) is 6.61 Å². The number of carbonyl (C=O) groups is 2. The number of para-hydroxylation sites is 1. The predicted molar refractivity (Wildman–Crippen MR) is 135 cm³/mol. The maximum Gasteiger partial charge on any atom is 0.261 e. The van der Waals surface area contributed by atoms with E-state index in [1.54, 1.807) is 12.1 Å². The highest BCUT2D eigenvalue weighted by Gasteiger charge is 2.32. The van der Waals surface area contributed by atoms with Gasteiger partial charge in [-0.3, -0.25) is 9.59 Å². The number of carbonyl (C=O) groups excluding carboxylic acids is 2. The van der Waals surface area contributed by atoms with Gasteiger partial charge in [0.2, 0.25) is 5.91 Å². The number of nitrogens with one attached hydrogen (secondary N) is 1. The molecule has 0 saturated carbocycles. The molecule has 1 atom stereocenters. The third-order valence-electron chi connectivity index (χ3n) is 5.39. The van der Waals surface area contributed by atoms with Gasteiger partial charge in [-0.25, -0.2) is 4.39 Å². The van der Waals surface area contributed by atoms with Crippen LogP contribution in [0, 0.1) is 12.7 Å². The zero-order valence-corrected chi connectivity index (χ0v) is 20.8. The summed E-state index contributed by atoms with van der Waals surface area (Å²) in [5, 5.41) is 3.02. The number of aryl methyl sites for hydroxylation is 1. The van der Waals surface area contributed by atoms with Gasteiger partial charge in [-0.05, 0) is 51.0 Å². The first-order valence-electron chi connectivity index (χ1n) is 11.7. The summed E-state index contributed by atoms with van der Waals surface area (Å²) < 4.78 is 19.6. The Morgan fingerprint density at radius 1 is 0.943 bits per heavy atom. The van der Waals surface area contributed by atoms with Gasteiger partial charge in [0.05, 0.1) is 0 Å². The van der Waals surface area contributed by atoms with Crippen molar-refractivity contribution in [2.45, 2.75) is 52.2 Å². The predicted octanol–water partition coefficient (Wildman–Crippen LogP) is 5.07. The summed E-state index contributed by atoms with van der Waals surface area (Å²) in [4.78, 5) is 28.5. The molecular formula is C29H33FN2O3. The third-order valence-corrected chi connectivity index (χ3v) is 5.39. The maximum atomic E-state index is 14.1. The zero-order valence-electron chi connectivity index (χ0n) is 20.8. The Bertz CT molecular complexity index is 1140. The second-order valence-corrected chi connectivity index (χ2v) is 9.67. The number of rotatable bonds is 9. The minimum absolute atomic E-state index is 0.00453. The summed E-state index contributed by atoms with van der Waals surface area (Å²) in [6, 6.07) is 22.6. The lowest BCUT2D eigenvalue weighted by molar-refractivity contribution is -0.143. The quantitative estimate of drug-likeness (QED) is 0.469. The van der Waals surface area contributed by atoms with Crippen molar-refractivity contribution in [1.82, 2.24) is 10.2 Å². The van der Waals surface area contributed by atoms with Crippen molar-refractivity contribution >= 4 is 11.8 Å². The molecule has 0 spiro atoms. The number of nitrogens with zero attached hydrogens (tertiary/aromatic N) is 1. The molecule has 0 aliphatic heterocycles. The first-order chi connectivity index (χ1) is 16.6. The Balaban J connectivity index is 1.94. The zero-order chi connectivity index (χ0) is 25.4. The summed E-state index contributed by atoms with van der Waals surface area (Å²) in [6.45, 7) is 7.51. The number of amides is 2. The van der Waals surface area contributed by atoms with Crippen LogP contribution in [0.15, 0.2) is 78.9 Å². The normalized spacial score (nSPS) is 12.0. The van der Waals surface area contributed by atoms with Crippen LogP contribution in [0.2, 0.25) is 0 Å². The molecule has 0 aromatic heterocycles. The minimum atomic E-state index is -0.783. The van der Waals surface area contributed by atoms with E-state index in [9.17, 15) is 14.0 Å².